The van der Waals surface area contributed by atoms with Gasteiger partial charge in [0.25, 0.3) is 0 Å². The van der Waals surface area contributed by atoms with Crippen molar-refractivity contribution in [2.75, 3.05) is 6.61 Å². The Bertz CT molecular complexity index is 333. The second-order valence-electron chi connectivity index (χ2n) is 3.88. The summed E-state index contributed by atoms with van der Waals surface area (Å²) in [6.45, 7) is 0.293. The summed E-state index contributed by atoms with van der Waals surface area (Å²) < 4.78 is 1.19. The Hall–Kier alpha value is -0.340. The topological polar surface area (TPSA) is 20.2 Å². The highest BCUT2D eigenvalue weighted by molar-refractivity contribution is 9.10. The molecule has 1 aliphatic rings. The molecule has 0 fully saturated rings. The first kappa shape index (κ1) is 10.2. The predicted molar refractivity (Wildman–Crippen MR) is 61.6 cm³/mol. The number of hydrogen-bond acceptors (Lipinski definition) is 1. The van der Waals surface area contributed by atoms with Gasteiger partial charge in [-0.25, -0.2) is 0 Å². The molecule has 1 nitrogen and oxygen atoms in total. The van der Waals surface area contributed by atoms with Crippen LogP contribution in [0, 0.1) is 0 Å². The standard InChI is InChI=1S/C12H15BrO/c13-11-7-9-3-1-5-12(9)10(8-11)4-2-6-14/h7-8,14H,1-6H2. The number of hydrogen-bond donors (Lipinski definition) is 1. The van der Waals surface area contributed by atoms with Crippen molar-refractivity contribution in [1.29, 1.82) is 0 Å². The number of halogens is 1. The van der Waals surface area contributed by atoms with Gasteiger partial charge < -0.3 is 5.11 Å². The summed E-state index contributed by atoms with van der Waals surface area (Å²) in [5, 5.41) is 8.83. The Balaban J connectivity index is 2.29. The molecule has 2 rings (SSSR count). The van der Waals surface area contributed by atoms with E-state index in [0.29, 0.717) is 6.61 Å². The van der Waals surface area contributed by atoms with Crippen LogP contribution < -0.4 is 0 Å². The number of benzene rings is 1. The van der Waals surface area contributed by atoms with Gasteiger partial charge in [-0.2, -0.15) is 0 Å². The lowest BCUT2D eigenvalue weighted by Crippen LogP contribution is -1.96. The summed E-state index contributed by atoms with van der Waals surface area (Å²) >= 11 is 3.55. The van der Waals surface area contributed by atoms with Crippen LogP contribution in [-0.4, -0.2) is 11.7 Å². The van der Waals surface area contributed by atoms with E-state index in [9.17, 15) is 0 Å². The molecule has 1 aromatic carbocycles. The highest BCUT2D eigenvalue weighted by Crippen LogP contribution is 2.29. The Kier molecular flexibility index (Phi) is 3.24. The lowest BCUT2D eigenvalue weighted by molar-refractivity contribution is 0.288. The zero-order valence-electron chi connectivity index (χ0n) is 8.22. The van der Waals surface area contributed by atoms with Crippen molar-refractivity contribution < 1.29 is 5.11 Å². The molecule has 14 heavy (non-hydrogen) atoms. The first-order chi connectivity index (χ1) is 6.81. The highest BCUT2D eigenvalue weighted by Gasteiger charge is 2.15. The van der Waals surface area contributed by atoms with E-state index in [2.05, 4.69) is 28.1 Å². The minimum absolute atomic E-state index is 0.293. The summed E-state index contributed by atoms with van der Waals surface area (Å²) in [5.74, 6) is 0. The number of aryl methyl sites for hydroxylation is 2. The molecule has 0 spiro atoms. The van der Waals surface area contributed by atoms with E-state index >= 15 is 0 Å². The predicted octanol–water partition coefficient (Wildman–Crippen LogP) is 2.86. The van der Waals surface area contributed by atoms with Crippen LogP contribution in [0.4, 0.5) is 0 Å². The van der Waals surface area contributed by atoms with Crippen molar-refractivity contribution in [3.05, 3.63) is 33.3 Å². The lowest BCUT2D eigenvalue weighted by Gasteiger charge is -2.08. The molecule has 0 aliphatic heterocycles. The minimum atomic E-state index is 0.293. The fourth-order valence-corrected chi connectivity index (χ4v) is 2.80. The van der Waals surface area contributed by atoms with Gasteiger partial charge in [0, 0.05) is 11.1 Å². The summed E-state index contributed by atoms with van der Waals surface area (Å²) in [6.07, 6.45) is 5.63. The van der Waals surface area contributed by atoms with Crippen molar-refractivity contribution in [2.24, 2.45) is 0 Å². The van der Waals surface area contributed by atoms with Crippen LogP contribution in [0.3, 0.4) is 0 Å². The van der Waals surface area contributed by atoms with E-state index in [0.717, 1.165) is 12.8 Å². The molecule has 0 aromatic heterocycles. The fourth-order valence-electron chi connectivity index (χ4n) is 2.25. The van der Waals surface area contributed by atoms with Crippen LogP contribution in [0.15, 0.2) is 16.6 Å². The minimum Gasteiger partial charge on any atom is -0.396 e. The van der Waals surface area contributed by atoms with Gasteiger partial charge in [0.1, 0.15) is 0 Å². The molecule has 2 heteroatoms. The second kappa shape index (κ2) is 4.45. The van der Waals surface area contributed by atoms with Crippen molar-refractivity contribution in [2.45, 2.75) is 32.1 Å². The Labute approximate surface area is 93.3 Å². The van der Waals surface area contributed by atoms with Crippen LogP contribution in [0.25, 0.3) is 0 Å². The summed E-state index contributed by atoms with van der Waals surface area (Å²) in [5.41, 5.74) is 4.48. The average Bonchev–Trinajstić information content (AvgIpc) is 2.61. The van der Waals surface area contributed by atoms with E-state index in [-0.39, 0.29) is 0 Å². The maximum atomic E-state index is 8.83. The molecule has 0 amide bonds. The van der Waals surface area contributed by atoms with E-state index < -0.39 is 0 Å². The third-order valence-corrected chi connectivity index (χ3v) is 3.33. The van der Waals surface area contributed by atoms with Crippen molar-refractivity contribution in [1.82, 2.24) is 0 Å². The second-order valence-corrected chi connectivity index (χ2v) is 4.80. The van der Waals surface area contributed by atoms with E-state index in [1.807, 2.05) is 0 Å². The SMILES string of the molecule is OCCCc1cc(Br)cc2c1CCC2. The molecule has 0 heterocycles. The maximum absolute atomic E-state index is 8.83. The average molecular weight is 255 g/mol. The molecule has 1 aliphatic carbocycles. The van der Waals surface area contributed by atoms with Crippen LogP contribution in [0.2, 0.25) is 0 Å². The lowest BCUT2D eigenvalue weighted by atomic mass is 10.00. The molecule has 1 aromatic rings. The van der Waals surface area contributed by atoms with Gasteiger partial charge in [-0.15, -0.1) is 0 Å². The monoisotopic (exact) mass is 254 g/mol. The molecule has 0 unspecified atom stereocenters. The largest absolute Gasteiger partial charge is 0.396 e. The molecule has 0 bridgehead atoms. The molecular formula is C12H15BrO. The highest BCUT2D eigenvalue weighted by atomic mass is 79.9. The van der Waals surface area contributed by atoms with Crippen LogP contribution in [0.5, 0.6) is 0 Å². The quantitative estimate of drug-likeness (QED) is 0.880. The van der Waals surface area contributed by atoms with Crippen molar-refractivity contribution in [3.8, 4) is 0 Å². The van der Waals surface area contributed by atoms with Crippen LogP contribution in [0.1, 0.15) is 29.5 Å². The normalized spacial score (nSPS) is 14.4. The molecule has 0 saturated heterocycles. The number of rotatable bonds is 3. The van der Waals surface area contributed by atoms with Crippen LogP contribution >= 0.6 is 15.9 Å². The Morgan fingerprint density at radius 2 is 2.14 bits per heavy atom. The summed E-state index contributed by atoms with van der Waals surface area (Å²) in [4.78, 5) is 0. The Morgan fingerprint density at radius 1 is 1.29 bits per heavy atom. The molecule has 0 saturated carbocycles. The molecule has 76 valence electrons. The Morgan fingerprint density at radius 3 is 2.93 bits per heavy atom. The van der Waals surface area contributed by atoms with Gasteiger partial charge in [0.15, 0.2) is 0 Å². The van der Waals surface area contributed by atoms with Gasteiger partial charge in [0.2, 0.25) is 0 Å². The van der Waals surface area contributed by atoms with Crippen LogP contribution in [-0.2, 0) is 19.3 Å². The smallest absolute Gasteiger partial charge is 0.0434 e. The zero-order chi connectivity index (χ0) is 9.97. The van der Waals surface area contributed by atoms with Gasteiger partial charge in [-0.05, 0) is 60.9 Å². The first-order valence-corrected chi connectivity index (χ1v) is 6.01. The molecular weight excluding hydrogens is 240 g/mol. The zero-order valence-corrected chi connectivity index (χ0v) is 9.81. The first-order valence-electron chi connectivity index (χ1n) is 5.22. The van der Waals surface area contributed by atoms with Gasteiger partial charge >= 0.3 is 0 Å². The third-order valence-electron chi connectivity index (χ3n) is 2.88. The number of aliphatic hydroxyl groups is 1. The van der Waals surface area contributed by atoms with Gasteiger partial charge in [-0.3, -0.25) is 0 Å². The molecule has 1 N–H and O–H groups in total. The molecule has 0 radical (unpaired) electrons. The van der Waals surface area contributed by atoms with Crippen molar-refractivity contribution >= 4 is 15.9 Å². The summed E-state index contributed by atoms with van der Waals surface area (Å²) in [7, 11) is 0. The number of fused-ring (bicyclic) bond motifs is 1. The number of aliphatic hydroxyl groups excluding tert-OH is 1. The third kappa shape index (κ3) is 2.01. The molecule has 0 atom stereocenters. The van der Waals surface area contributed by atoms with Gasteiger partial charge in [0.05, 0.1) is 0 Å². The van der Waals surface area contributed by atoms with E-state index in [1.54, 1.807) is 5.56 Å². The fraction of sp³-hybridized carbons (Fsp3) is 0.500. The van der Waals surface area contributed by atoms with Gasteiger partial charge in [-0.1, -0.05) is 15.9 Å². The van der Waals surface area contributed by atoms with Crippen molar-refractivity contribution in [3.63, 3.8) is 0 Å². The van der Waals surface area contributed by atoms with E-state index in [4.69, 9.17) is 5.11 Å². The summed E-state index contributed by atoms with van der Waals surface area (Å²) in [6, 6.07) is 4.45. The van der Waals surface area contributed by atoms with E-state index in [1.165, 1.54) is 34.9 Å². The maximum Gasteiger partial charge on any atom is 0.0434 e.